The van der Waals surface area contributed by atoms with Crippen LogP contribution in [0.5, 0.6) is 0 Å². The summed E-state index contributed by atoms with van der Waals surface area (Å²) in [6, 6.07) is 0. The molecule has 0 aromatic rings. The van der Waals surface area contributed by atoms with E-state index >= 15 is 0 Å². The van der Waals surface area contributed by atoms with Crippen LogP contribution >= 0.6 is 7.82 Å². The molecule has 0 aliphatic carbocycles. The van der Waals surface area contributed by atoms with E-state index in [1.54, 1.807) is 0 Å². The maximum Gasteiger partial charge on any atom is 0.472 e. The van der Waals surface area contributed by atoms with Crippen molar-refractivity contribution < 1.29 is 37.6 Å². The van der Waals surface area contributed by atoms with Gasteiger partial charge in [-0.15, -0.1) is 0 Å². The Labute approximate surface area is 609 Å². The number of esters is 2. The number of ether oxygens (including phenoxy) is 2. The lowest BCUT2D eigenvalue weighted by Gasteiger charge is -2.19. The molecular weight excluding hydrogens is 1240 g/mol. The summed E-state index contributed by atoms with van der Waals surface area (Å²) in [7, 11) is -4.41. The SMILES string of the molecule is CC/C=C\C/C=C\C/C=C\C/C=C\C/C=C\C/C=C\C/C=C\C/C=C\C/C=C\C/C=C\CCCCCCCCCCC(=O)OC(COC(=O)CCCCCCCCCCCCCCCCCCCCCCCCC/C=C\C/C=C\C/C=C\C/C=C\C/C=C\CC)COP(=O)(O)OCCN. The number of phosphoric ester groups is 1. The topological polar surface area (TPSA) is 134 Å². The molecule has 0 heterocycles. The molecule has 2 unspecified atom stereocenters. The van der Waals surface area contributed by atoms with Crippen LogP contribution < -0.4 is 5.73 Å². The molecule has 2 atom stereocenters. The minimum atomic E-state index is -4.41. The van der Waals surface area contributed by atoms with Crippen LogP contribution in [0.4, 0.5) is 0 Å². The van der Waals surface area contributed by atoms with Crippen LogP contribution in [-0.4, -0.2) is 49.3 Å². The van der Waals surface area contributed by atoms with Crippen molar-refractivity contribution in [2.24, 2.45) is 5.73 Å². The highest BCUT2D eigenvalue weighted by Crippen LogP contribution is 2.43. The average Bonchev–Trinajstić information content (AvgIpc) is 1.35. The summed E-state index contributed by atoms with van der Waals surface area (Å²) in [6.45, 7) is 3.52. The molecule has 0 aromatic carbocycles. The van der Waals surface area contributed by atoms with E-state index in [-0.39, 0.29) is 38.6 Å². The fourth-order valence-corrected chi connectivity index (χ4v) is 11.7. The predicted octanol–water partition coefficient (Wildman–Crippen LogP) is 27.4. The van der Waals surface area contributed by atoms with Gasteiger partial charge >= 0.3 is 19.8 Å². The maximum absolute atomic E-state index is 12.8. The van der Waals surface area contributed by atoms with Crippen molar-refractivity contribution in [3.05, 3.63) is 182 Å². The number of rotatable bonds is 74. The summed E-state index contributed by atoms with van der Waals surface area (Å²) in [6.07, 6.45) is 123. The third-order valence-electron chi connectivity index (χ3n) is 16.8. The predicted molar refractivity (Wildman–Crippen MR) is 431 cm³/mol. The molecule has 0 aliphatic heterocycles. The Hall–Kier alpha value is -4.89. The molecule has 0 rings (SSSR count). The first-order valence-corrected chi connectivity index (χ1v) is 41.8. The standard InChI is InChI=1S/C89H148NO8P/c1-3-5-7-9-11-13-15-17-19-21-23-25-27-29-31-33-35-37-39-41-43-45-47-49-51-53-55-57-59-61-63-65-67-69-71-73-75-77-79-81-88(91)95-85-87(86-97-99(93,94)96-84-83-90)98-89(92)82-80-78-76-74-72-70-68-66-64-62-60-58-56-54-52-50-48-46-44-42-40-38-36-34-32-30-28-26-24-22-20-18-16-14-12-10-8-6-4-2/h5-8,11-14,17-20,23-26,29-32,36,38,42,44,48,50,54,56,60,62,87H,3-4,9-10,15-16,21-22,27-28,33-35,37,39-41,43,45-47,49,51-53,55,57-59,61,63-86,90H2,1-2H3,(H,93,94)/b7-5-,8-6-,13-11-,14-12-,19-17-,20-18-,25-23-,26-24-,31-29-,32-30-,38-36-,44-42-,50-48-,56-54-,62-60-. The fourth-order valence-electron chi connectivity index (χ4n) is 10.9. The Balaban J connectivity index is 3.88. The van der Waals surface area contributed by atoms with Gasteiger partial charge in [-0.05, 0) is 135 Å². The van der Waals surface area contributed by atoms with E-state index in [1.165, 1.54) is 161 Å². The molecule has 10 heteroatoms. The first-order valence-electron chi connectivity index (χ1n) is 40.3. The number of phosphoric acid groups is 1. The number of hydrogen-bond donors (Lipinski definition) is 2. The molecule has 0 bridgehead atoms. The number of carbonyl (C=O) groups is 2. The largest absolute Gasteiger partial charge is 0.472 e. The van der Waals surface area contributed by atoms with E-state index in [0.29, 0.717) is 6.42 Å². The third kappa shape index (κ3) is 82.0. The second-order valence-electron chi connectivity index (χ2n) is 26.2. The summed E-state index contributed by atoms with van der Waals surface area (Å²) < 4.78 is 33.3. The maximum atomic E-state index is 12.8. The molecule has 0 aliphatic rings. The minimum absolute atomic E-state index is 0.0455. The van der Waals surface area contributed by atoms with Crippen LogP contribution in [-0.2, 0) is 32.7 Å². The highest BCUT2D eigenvalue weighted by molar-refractivity contribution is 7.47. The highest BCUT2D eigenvalue weighted by atomic mass is 31.2. The molecule has 0 amide bonds. The van der Waals surface area contributed by atoms with Crippen molar-refractivity contribution in [3.63, 3.8) is 0 Å². The van der Waals surface area contributed by atoms with E-state index < -0.39 is 26.5 Å². The molecule has 0 spiro atoms. The van der Waals surface area contributed by atoms with Gasteiger partial charge in [-0.1, -0.05) is 369 Å². The fraction of sp³-hybridized carbons (Fsp3) is 0.640. The average molecular weight is 1390 g/mol. The summed E-state index contributed by atoms with van der Waals surface area (Å²) in [5.74, 6) is -0.835. The van der Waals surface area contributed by atoms with Crippen LogP contribution in [0.1, 0.15) is 335 Å². The second-order valence-corrected chi connectivity index (χ2v) is 27.6. The van der Waals surface area contributed by atoms with E-state index in [1.807, 2.05) is 0 Å². The van der Waals surface area contributed by atoms with E-state index in [9.17, 15) is 19.0 Å². The molecule has 99 heavy (non-hydrogen) atoms. The van der Waals surface area contributed by atoms with Crippen molar-refractivity contribution in [3.8, 4) is 0 Å². The molecular formula is C89H148NO8P. The molecule has 0 radical (unpaired) electrons. The van der Waals surface area contributed by atoms with Gasteiger partial charge in [0.2, 0.25) is 0 Å². The molecule has 9 nitrogen and oxygen atoms in total. The van der Waals surface area contributed by atoms with Crippen LogP contribution in [0.25, 0.3) is 0 Å². The quantitative estimate of drug-likeness (QED) is 0.0264. The zero-order valence-corrected chi connectivity index (χ0v) is 64.3. The molecule has 0 saturated heterocycles. The number of carbonyl (C=O) groups excluding carboxylic acids is 2. The van der Waals surface area contributed by atoms with Gasteiger partial charge in [-0.2, -0.15) is 0 Å². The van der Waals surface area contributed by atoms with Gasteiger partial charge in [-0.3, -0.25) is 18.6 Å². The number of unbranched alkanes of at least 4 members (excludes halogenated alkanes) is 31. The lowest BCUT2D eigenvalue weighted by atomic mass is 10.0. The van der Waals surface area contributed by atoms with Crippen molar-refractivity contribution in [1.82, 2.24) is 0 Å². The van der Waals surface area contributed by atoms with Gasteiger partial charge in [-0.25, -0.2) is 4.57 Å². The molecule has 0 fully saturated rings. The van der Waals surface area contributed by atoms with Crippen LogP contribution in [0, 0.1) is 0 Å². The summed E-state index contributed by atoms with van der Waals surface area (Å²) in [5, 5.41) is 0. The van der Waals surface area contributed by atoms with E-state index in [0.717, 1.165) is 141 Å². The van der Waals surface area contributed by atoms with Gasteiger partial charge in [0.15, 0.2) is 6.10 Å². The minimum Gasteiger partial charge on any atom is -0.462 e. The lowest BCUT2D eigenvalue weighted by molar-refractivity contribution is -0.161. The van der Waals surface area contributed by atoms with Gasteiger partial charge in [0.05, 0.1) is 13.2 Å². The van der Waals surface area contributed by atoms with Gasteiger partial charge in [0.1, 0.15) is 6.61 Å². The van der Waals surface area contributed by atoms with Crippen LogP contribution in [0.15, 0.2) is 182 Å². The monoisotopic (exact) mass is 1390 g/mol. The Kier molecular flexibility index (Phi) is 78.0. The molecule has 3 N–H and O–H groups in total. The van der Waals surface area contributed by atoms with E-state index in [4.69, 9.17) is 24.3 Å². The number of nitrogens with two attached hydrogens (primary N) is 1. The normalized spacial score (nSPS) is 13.9. The first kappa shape index (κ1) is 94.1. The highest BCUT2D eigenvalue weighted by Gasteiger charge is 2.26. The van der Waals surface area contributed by atoms with Crippen molar-refractivity contribution in [2.45, 2.75) is 341 Å². The Morgan fingerprint density at radius 2 is 0.525 bits per heavy atom. The van der Waals surface area contributed by atoms with Gasteiger partial charge < -0.3 is 20.1 Å². The first-order chi connectivity index (χ1) is 48.8. The smallest absolute Gasteiger partial charge is 0.462 e. The Morgan fingerprint density at radius 1 is 0.303 bits per heavy atom. The molecule has 562 valence electrons. The Morgan fingerprint density at radius 3 is 0.778 bits per heavy atom. The van der Waals surface area contributed by atoms with Crippen LogP contribution in [0.2, 0.25) is 0 Å². The summed E-state index contributed by atoms with van der Waals surface area (Å²) in [5.41, 5.74) is 5.41. The molecule has 0 aromatic heterocycles. The zero-order chi connectivity index (χ0) is 71.5. The zero-order valence-electron chi connectivity index (χ0n) is 63.4. The van der Waals surface area contributed by atoms with Crippen molar-refractivity contribution in [1.29, 1.82) is 0 Å². The number of allylic oxidation sites excluding steroid dienone is 30. The number of hydrogen-bond acceptors (Lipinski definition) is 8. The lowest BCUT2D eigenvalue weighted by Crippen LogP contribution is -2.29. The van der Waals surface area contributed by atoms with Crippen LogP contribution in [0.3, 0.4) is 0 Å². The van der Waals surface area contributed by atoms with Crippen molar-refractivity contribution >= 4 is 19.8 Å². The van der Waals surface area contributed by atoms with E-state index in [2.05, 4.69) is 196 Å². The summed E-state index contributed by atoms with van der Waals surface area (Å²) in [4.78, 5) is 35.5. The summed E-state index contributed by atoms with van der Waals surface area (Å²) >= 11 is 0. The van der Waals surface area contributed by atoms with Gasteiger partial charge in [0, 0.05) is 19.4 Å². The van der Waals surface area contributed by atoms with Crippen molar-refractivity contribution in [2.75, 3.05) is 26.4 Å². The van der Waals surface area contributed by atoms with Gasteiger partial charge in [0.25, 0.3) is 0 Å². The Bertz CT molecular complexity index is 2290. The second kappa shape index (κ2) is 82.1. The third-order valence-corrected chi connectivity index (χ3v) is 17.8. The molecule has 0 saturated carbocycles.